The number of ether oxygens (including phenoxy) is 1. The molecule has 3 amide bonds. The van der Waals surface area contributed by atoms with E-state index in [0.29, 0.717) is 23.7 Å². The lowest BCUT2D eigenvalue weighted by atomic mass is 10.0. The van der Waals surface area contributed by atoms with Gasteiger partial charge >= 0.3 is 6.03 Å². The van der Waals surface area contributed by atoms with E-state index in [9.17, 15) is 9.59 Å². The molecule has 1 aromatic heterocycles. The van der Waals surface area contributed by atoms with Gasteiger partial charge in [-0.1, -0.05) is 60.7 Å². The molecule has 0 aliphatic carbocycles. The van der Waals surface area contributed by atoms with E-state index in [2.05, 4.69) is 16.0 Å². The summed E-state index contributed by atoms with van der Waals surface area (Å²) in [6.07, 6.45) is 1.20. The standard InChI is InChI=1S/C27H25N3O4/c31-25(19-34-26(20-8-3-1-4-9-20)21-10-5-2-6-11-21)29-22-13-15-23(16-14-22)30-27(32)28-18-24-12-7-17-33-24/h1-17,26H,18-19H2,(H,29,31)(H2,28,30,32). The molecule has 3 N–H and O–H groups in total. The van der Waals surface area contributed by atoms with Gasteiger partial charge in [0.1, 0.15) is 18.5 Å². The Hall–Kier alpha value is -4.36. The van der Waals surface area contributed by atoms with Crippen molar-refractivity contribution in [1.29, 1.82) is 0 Å². The molecule has 7 heteroatoms. The summed E-state index contributed by atoms with van der Waals surface area (Å²) < 4.78 is 11.2. The van der Waals surface area contributed by atoms with Crippen molar-refractivity contribution in [2.24, 2.45) is 0 Å². The van der Waals surface area contributed by atoms with Gasteiger partial charge in [-0.15, -0.1) is 0 Å². The minimum absolute atomic E-state index is 0.107. The summed E-state index contributed by atoms with van der Waals surface area (Å²) in [5.74, 6) is 0.394. The summed E-state index contributed by atoms with van der Waals surface area (Å²) in [4.78, 5) is 24.5. The summed E-state index contributed by atoms with van der Waals surface area (Å²) >= 11 is 0. The van der Waals surface area contributed by atoms with Crippen molar-refractivity contribution < 1.29 is 18.7 Å². The van der Waals surface area contributed by atoms with Crippen LogP contribution < -0.4 is 16.0 Å². The highest BCUT2D eigenvalue weighted by atomic mass is 16.5. The zero-order valence-electron chi connectivity index (χ0n) is 18.4. The number of nitrogens with one attached hydrogen (secondary N) is 3. The Morgan fingerprint density at radius 1 is 0.735 bits per heavy atom. The fraction of sp³-hybridized carbons (Fsp3) is 0.111. The molecule has 4 aromatic rings. The summed E-state index contributed by atoms with van der Waals surface area (Å²) in [5.41, 5.74) is 3.15. The fourth-order valence-electron chi connectivity index (χ4n) is 3.39. The summed E-state index contributed by atoms with van der Waals surface area (Å²) in [7, 11) is 0. The quantitative estimate of drug-likeness (QED) is 0.317. The molecule has 0 spiro atoms. The molecule has 0 saturated carbocycles. The largest absolute Gasteiger partial charge is 0.467 e. The highest BCUT2D eigenvalue weighted by molar-refractivity contribution is 5.93. The minimum Gasteiger partial charge on any atom is -0.467 e. The number of rotatable bonds is 9. The maximum absolute atomic E-state index is 12.5. The van der Waals surface area contributed by atoms with Crippen LogP contribution in [0.3, 0.4) is 0 Å². The Kier molecular flexibility index (Phi) is 7.71. The molecule has 0 radical (unpaired) electrons. The zero-order valence-corrected chi connectivity index (χ0v) is 18.4. The van der Waals surface area contributed by atoms with Gasteiger partial charge in [0.2, 0.25) is 5.91 Å². The predicted octanol–water partition coefficient (Wildman–Crippen LogP) is 5.35. The maximum atomic E-state index is 12.5. The molecular weight excluding hydrogens is 430 g/mol. The van der Waals surface area contributed by atoms with Crippen LogP contribution in [0.25, 0.3) is 0 Å². The van der Waals surface area contributed by atoms with Crippen LogP contribution in [0, 0.1) is 0 Å². The van der Waals surface area contributed by atoms with E-state index in [-0.39, 0.29) is 24.6 Å². The molecule has 34 heavy (non-hydrogen) atoms. The molecule has 1 heterocycles. The predicted molar refractivity (Wildman–Crippen MR) is 130 cm³/mol. The lowest BCUT2D eigenvalue weighted by molar-refractivity contribution is -0.121. The van der Waals surface area contributed by atoms with Crippen LogP contribution >= 0.6 is 0 Å². The molecule has 0 bridgehead atoms. The zero-order chi connectivity index (χ0) is 23.6. The second-order valence-corrected chi connectivity index (χ2v) is 7.52. The molecule has 0 saturated heterocycles. The molecule has 172 valence electrons. The second-order valence-electron chi connectivity index (χ2n) is 7.52. The first kappa shape index (κ1) is 22.8. The Bertz CT molecular complexity index is 1140. The van der Waals surface area contributed by atoms with Gasteiger partial charge in [0.25, 0.3) is 0 Å². The number of amides is 3. The average molecular weight is 456 g/mol. The molecule has 3 aromatic carbocycles. The third kappa shape index (κ3) is 6.57. The van der Waals surface area contributed by atoms with Crippen molar-refractivity contribution in [3.63, 3.8) is 0 Å². The first-order valence-electron chi connectivity index (χ1n) is 10.9. The van der Waals surface area contributed by atoms with Crippen LogP contribution in [-0.2, 0) is 16.1 Å². The summed E-state index contributed by atoms with van der Waals surface area (Å²) in [5, 5.41) is 8.26. The number of carbonyl (C=O) groups excluding carboxylic acids is 2. The molecule has 7 nitrogen and oxygen atoms in total. The van der Waals surface area contributed by atoms with E-state index in [0.717, 1.165) is 11.1 Å². The van der Waals surface area contributed by atoms with Crippen LogP contribution in [0.4, 0.5) is 16.2 Å². The lowest BCUT2D eigenvalue weighted by Gasteiger charge is -2.19. The third-order valence-corrected chi connectivity index (χ3v) is 5.02. The Morgan fingerprint density at radius 2 is 1.32 bits per heavy atom. The van der Waals surface area contributed by atoms with E-state index >= 15 is 0 Å². The monoisotopic (exact) mass is 455 g/mol. The van der Waals surface area contributed by atoms with Crippen molar-refractivity contribution >= 4 is 23.3 Å². The van der Waals surface area contributed by atoms with Crippen molar-refractivity contribution in [3.05, 3.63) is 120 Å². The topological polar surface area (TPSA) is 92.6 Å². The van der Waals surface area contributed by atoms with Gasteiger partial charge in [0.15, 0.2) is 0 Å². The number of furan rings is 1. The van der Waals surface area contributed by atoms with Crippen molar-refractivity contribution in [2.75, 3.05) is 17.2 Å². The SMILES string of the molecule is O=C(COC(c1ccccc1)c1ccccc1)Nc1ccc(NC(=O)NCc2ccco2)cc1. The summed E-state index contributed by atoms with van der Waals surface area (Å²) in [6, 6.07) is 29.6. The van der Waals surface area contributed by atoms with Gasteiger partial charge in [0, 0.05) is 11.4 Å². The van der Waals surface area contributed by atoms with Gasteiger partial charge in [-0.05, 0) is 47.5 Å². The Balaban J connectivity index is 1.28. The minimum atomic E-state index is -0.352. The van der Waals surface area contributed by atoms with Gasteiger partial charge in [-0.2, -0.15) is 0 Å². The molecule has 0 aliphatic heterocycles. The van der Waals surface area contributed by atoms with Gasteiger partial charge < -0.3 is 25.1 Å². The van der Waals surface area contributed by atoms with Gasteiger partial charge in [-0.3, -0.25) is 4.79 Å². The smallest absolute Gasteiger partial charge is 0.319 e. The Morgan fingerprint density at radius 3 is 1.88 bits per heavy atom. The van der Waals surface area contributed by atoms with Crippen LogP contribution in [0.2, 0.25) is 0 Å². The van der Waals surface area contributed by atoms with E-state index in [1.807, 2.05) is 60.7 Å². The number of hydrogen-bond acceptors (Lipinski definition) is 4. The highest BCUT2D eigenvalue weighted by Gasteiger charge is 2.16. The van der Waals surface area contributed by atoms with Crippen LogP contribution in [0.5, 0.6) is 0 Å². The lowest BCUT2D eigenvalue weighted by Crippen LogP contribution is -2.28. The summed E-state index contributed by atoms with van der Waals surface area (Å²) in [6.45, 7) is 0.184. The second kappa shape index (κ2) is 11.5. The van der Waals surface area contributed by atoms with E-state index in [1.54, 1.807) is 42.7 Å². The van der Waals surface area contributed by atoms with Crippen molar-refractivity contribution in [1.82, 2.24) is 5.32 Å². The number of urea groups is 1. The first-order chi connectivity index (χ1) is 16.7. The van der Waals surface area contributed by atoms with Gasteiger partial charge in [-0.25, -0.2) is 4.79 Å². The number of benzene rings is 3. The van der Waals surface area contributed by atoms with Crippen molar-refractivity contribution in [3.8, 4) is 0 Å². The fourth-order valence-corrected chi connectivity index (χ4v) is 3.39. The molecular formula is C27H25N3O4. The van der Waals surface area contributed by atoms with Gasteiger partial charge in [0.05, 0.1) is 12.8 Å². The van der Waals surface area contributed by atoms with E-state index in [4.69, 9.17) is 9.15 Å². The van der Waals surface area contributed by atoms with E-state index < -0.39 is 0 Å². The number of anilines is 2. The van der Waals surface area contributed by atoms with Crippen molar-refractivity contribution in [2.45, 2.75) is 12.6 Å². The molecule has 0 aliphatic rings. The van der Waals surface area contributed by atoms with Crippen LogP contribution in [-0.4, -0.2) is 18.5 Å². The first-order valence-corrected chi connectivity index (χ1v) is 10.9. The molecule has 0 unspecified atom stereocenters. The normalized spacial score (nSPS) is 10.6. The molecule has 0 atom stereocenters. The Labute approximate surface area is 197 Å². The molecule has 4 rings (SSSR count). The maximum Gasteiger partial charge on any atom is 0.319 e. The molecule has 0 fully saturated rings. The highest BCUT2D eigenvalue weighted by Crippen LogP contribution is 2.25. The average Bonchev–Trinajstić information content (AvgIpc) is 3.39. The van der Waals surface area contributed by atoms with Crippen LogP contribution in [0.15, 0.2) is 108 Å². The third-order valence-electron chi connectivity index (χ3n) is 5.02. The van der Waals surface area contributed by atoms with Crippen LogP contribution in [0.1, 0.15) is 23.0 Å². The van der Waals surface area contributed by atoms with E-state index in [1.165, 1.54) is 0 Å². The number of carbonyl (C=O) groups is 2. The number of hydrogen-bond donors (Lipinski definition) is 3.